The van der Waals surface area contributed by atoms with Crippen molar-refractivity contribution in [3.8, 4) is 0 Å². The normalized spacial score (nSPS) is 31.1. The lowest BCUT2D eigenvalue weighted by Crippen LogP contribution is -2.56. The first-order valence-corrected chi connectivity index (χ1v) is 6.00. The summed E-state index contributed by atoms with van der Waals surface area (Å²) in [6.45, 7) is 6.67. The van der Waals surface area contributed by atoms with Crippen LogP contribution < -0.4 is 0 Å². The molecule has 1 aliphatic heterocycles. The Kier molecular flexibility index (Phi) is 5.04. The maximum absolute atomic E-state index is 13.4. The van der Waals surface area contributed by atoms with E-state index >= 15 is 0 Å². The minimum Gasteiger partial charge on any atom is -0.390 e. The smallest absolute Gasteiger partial charge is 0.253 e. The van der Waals surface area contributed by atoms with Crippen LogP contribution in [0.5, 0.6) is 0 Å². The Morgan fingerprint density at radius 2 is 2.11 bits per heavy atom. The van der Waals surface area contributed by atoms with E-state index in [4.69, 9.17) is 0 Å². The molecule has 1 saturated heterocycles. The van der Waals surface area contributed by atoms with Gasteiger partial charge in [0.15, 0.2) is 0 Å². The highest BCUT2D eigenvalue weighted by atomic mass is 19.1. The Bertz CT molecular complexity index is 354. The number of likely N-dealkylation sites (tertiary alicyclic amines) is 1. The number of nitrogens with zero attached hydrogens (tertiary/aromatic N) is 1. The summed E-state index contributed by atoms with van der Waals surface area (Å²) in [4.78, 5) is 13.4. The van der Waals surface area contributed by atoms with E-state index in [-0.39, 0.29) is 19.0 Å². The van der Waals surface area contributed by atoms with Gasteiger partial charge in [-0.2, -0.15) is 0 Å². The maximum atomic E-state index is 13.4. The molecule has 1 heterocycles. The number of alkyl halides is 1. The lowest BCUT2D eigenvalue weighted by Gasteiger charge is -2.40. The molecule has 0 radical (unpaired) electrons. The monoisotopic (exact) mass is 257 g/mol. The van der Waals surface area contributed by atoms with Crippen LogP contribution >= 0.6 is 0 Å². The minimum absolute atomic E-state index is 0.00833. The Morgan fingerprint density at radius 1 is 1.50 bits per heavy atom. The molecular formula is C13H20FNO3. The summed E-state index contributed by atoms with van der Waals surface area (Å²) in [7, 11) is 0. The average Bonchev–Trinajstić information content (AvgIpc) is 2.33. The second-order valence-corrected chi connectivity index (χ2v) is 4.56. The van der Waals surface area contributed by atoms with Gasteiger partial charge in [0.1, 0.15) is 6.17 Å². The zero-order valence-electron chi connectivity index (χ0n) is 10.7. The Morgan fingerprint density at radius 3 is 2.56 bits per heavy atom. The summed E-state index contributed by atoms with van der Waals surface area (Å²) < 4.78 is 13.4. The highest BCUT2D eigenvalue weighted by molar-refractivity contribution is 5.96. The van der Waals surface area contributed by atoms with Crippen LogP contribution in [0.1, 0.15) is 13.8 Å². The molecule has 5 heteroatoms. The first-order valence-electron chi connectivity index (χ1n) is 6.00. The van der Waals surface area contributed by atoms with E-state index in [9.17, 15) is 19.4 Å². The number of piperidine rings is 1. The van der Waals surface area contributed by atoms with Crippen molar-refractivity contribution in [2.45, 2.75) is 32.2 Å². The van der Waals surface area contributed by atoms with Crippen molar-refractivity contribution >= 4 is 5.91 Å². The van der Waals surface area contributed by atoms with Crippen LogP contribution in [0.2, 0.25) is 0 Å². The molecule has 4 unspecified atom stereocenters. The highest BCUT2D eigenvalue weighted by Crippen LogP contribution is 2.24. The van der Waals surface area contributed by atoms with Crippen LogP contribution in [0.25, 0.3) is 0 Å². The quantitative estimate of drug-likeness (QED) is 0.576. The number of rotatable bonds is 3. The molecule has 4 atom stereocenters. The van der Waals surface area contributed by atoms with Gasteiger partial charge in [-0.25, -0.2) is 4.39 Å². The Hall–Kier alpha value is -1.20. The van der Waals surface area contributed by atoms with Gasteiger partial charge in [0.2, 0.25) is 0 Å². The van der Waals surface area contributed by atoms with Crippen molar-refractivity contribution < 1.29 is 19.4 Å². The van der Waals surface area contributed by atoms with Gasteiger partial charge in [-0.1, -0.05) is 18.7 Å². The summed E-state index contributed by atoms with van der Waals surface area (Å²) in [5.74, 6) is -1.07. The first-order chi connectivity index (χ1) is 8.42. The zero-order chi connectivity index (χ0) is 13.9. The van der Waals surface area contributed by atoms with Crippen LogP contribution in [-0.2, 0) is 4.79 Å². The molecule has 0 bridgehead atoms. The molecule has 0 aromatic heterocycles. The maximum Gasteiger partial charge on any atom is 0.253 e. The van der Waals surface area contributed by atoms with Gasteiger partial charge in [-0.05, 0) is 13.8 Å². The molecule has 18 heavy (non-hydrogen) atoms. The number of aliphatic hydroxyl groups excluding tert-OH is 2. The molecular weight excluding hydrogens is 237 g/mol. The number of halogens is 1. The topological polar surface area (TPSA) is 60.8 Å². The van der Waals surface area contributed by atoms with Crippen LogP contribution in [0.15, 0.2) is 24.3 Å². The second kappa shape index (κ2) is 6.11. The van der Waals surface area contributed by atoms with E-state index in [1.165, 1.54) is 17.9 Å². The van der Waals surface area contributed by atoms with E-state index in [0.29, 0.717) is 5.57 Å². The van der Waals surface area contributed by atoms with Gasteiger partial charge in [0.05, 0.1) is 12.2 Å². The van der Waals surface area contributed by atoms with Gasteiger partial charge >= 0.3 is 0 Å². The molecule has 1 amide bonds. The number of carbonyl (C=O) groups is 1. The molecule has 0 spiro atoms. The predicted octanol–water partition coefficient (Wildman–Crippen LogP) is 0.657. The van der Waals surface area contributed by atoms with E-state index in [1.807, 2.05) is 0 Å². The number of amides is 1. The molecule has 2 N–H and O–H groups in total. The van der Waals surface area contributed by atoms with Crippen LogP contribution in [0.3, 0.4) is 0 Å². The lowest BCUT2D eigenvalue weighted by molar-refractivity contribution is -0.140. The van der Waals surface area contributed by atoms with E-state index < -0.39 is 24.3 Å². The van der Waals surface area contributed by atoms with Crippen molar-refractivity contribution in [1.29, 1.82) is 0 Å². The Labute approximate surface area is 106 Å². The molecule has 0 saturated carbocycles. The van der Waals surface area contributed by atoms with E-state index in [2.05, 4.69) is 6.58 Å². The van der Waals surface area contributed by atoms with Gasteiger partial charge in [0.25, 0.3) is 5.91 Å². The summed E-state index contributed by atoms with van der Waals surface area (Å²) >= 11 is 0. The third-order valence-corrected chi connectivity index (χ3v) is 3.33. The zero-order valence-corrected chi connectivity index (χ0v) is 10.7. The molecule has 1 rings (SSSR count). The van der Waals surface area contributed by atoms with E-state index in [0.717, 1.165) is 0 Å². The molecule has 1 aliphatic rings. The molecule has 0 aromatic rings. The number of aliphatic hydroxyl groups is 2. The molecule has 0 aromatic carbocycles. The molecule has 102 valence electrons. The number of hydrogen-bond donors (Lipinski definition) is 2. The fraction of sp³-hybridized carbons (Fsp3) is 0.615. The third kappa shape index (κ3) is 2.97. The second-order valence-electron chi connectivity index (χ2n) is 4.56. The SMILES string of the molecule is C=CC(=CC)C(=O)N1CC(O)C(O)C(C(C)F)C1. The number of β-amino-alcohol motifs (C(OH)–C–C–N with tert-alkyl or cyclic N) is 1. The summed E-state index contributed by atoms with van der Waals surface area (Å²) in [5.41, 5.74) is 0.406. The third-order valence-electron chi connectivity index (χ3n) is 3.33. The summed E-state index contributed by atoms with van der Waals surface area (Å²) in [6.07, 6.45) is -0.502. The van der Waals surface area contributed by atoms with Gasteiger partial charge in [-0.15, -0.1) is 0 Å². The van der Waals surface area contributed by atoms with Crippen molar-refractivity contribution in [3.05, 3.63) is 24.3 Å². The van der Waals surface area contributed by atoms with Gasteiger partial charge in [0, 0.05) is 24.6 Å². The molecule has 4 nitrogen and oxygen atoms in total. The van der Waals surface area contributed by atoms with Crippen LogP contribution in [0, 0.1) is 5.92 Å². The van der Waals surface area contributed by atoms with E-state index in [1.54, 1.807) is 13.0 Å². The minimum atomic E-state index is -1.29. The van der Waals surface area contributed by atoms with Gasteiger partial charge < -0.3 is 15.1 Å². The van der Waals surface area contributed by atoms with Crippen molar-refractivity contribution in [2.24, 2.45) is 5.92 Å². The lowest BCUT2D eigenvalue weighted by atomic mass is 9.89. The van der Waals surface area contributed by atoms with Crippen molar-refractivity contribution in [3.63, 3.8) is 0 Å². The van der Waals surface area contributed by atoms with Crippen LogP contribution in [0.4, 0.5) is 4.39 Å². The number of allylic oxidation sites excluding steroid dienone is 1. The first kappa shape index (κ1) is 14.9. The Balaban J connectivity index is 2.86. The van der Waals surface area contributed by atoms with Crippen molar-refractivity contribution in [2.75, 3.05) is 13.1 Å². The largest absolute Gasteiger partial charge is 0.390 e. The van der Waals surface area contributed by atoms with Crippen molar-refractivity contribution in [1.82, 2.24) is 4.90 Å². The molecule has 1 fully saturated rings. The van der Waals surface area contributed by atoms with Gasteiger partial charge in [-0.3, -0.25) is 4.79 Å². The predicted molar refractivity (Wildman–Crippen MR) is 66.6 cm³/mol. The fourth-order valence-electron chi connectivity index (χ4n) is 2.15. The number of carbonyl (C=O) groups excluding carboxylic acids is 1. The standard InChI is InChI=1S/C13H20FNO3/c1-4-9(5-2)13(18)15-6-10(8(3)14)12(17)11(16)7-15/h4-5,8,10-12,16-17H,1,6-7H2,2-3H3. The number of hydrogen-bond acceptors (Lipinski definition) is 3. The average molecular weight is 257 g/mol. The summed E-state index contributed by atoms with van der Waals surface area (Å²) in [5, 5.41) is 19.4. The fourth-order valence-corrected chi connectivity index (χ4v) is 2.15. The molecule has 0 aliphatic carbocycles. The van der Waals surface area contributed by atoms with Crippen LogP contribution in [-0.4, -0.2) is 52.5 Å². The summed E-state index contributed by atoms with van der Waals surface area (Å²) in [6, 6.07) is 0. The highest BCUT2D eigenvalue weighted by Gasteiger charge is 2.39.